The summed E-state index contributed by atoms with van der Waals surface area (Å²) in [6.45, 7) is 0.292. The number of nitriles is 1. The standard InChI is InChI=1S/C26H19N5O4S2/c27-13-16-21(28)23(22(32)20-9-8-19(36-20)17-3-1-2-11-29-17)37-25(16)30-15-6-4-14(5-7-15)24(33)31-18-10-12-35-26(18)34/h1-9,11,18,30H,10,12,28H2,(H,31,33). The highest BCUT2D eigenvalue weighted by molar-refractivity contribution is 7.21. The van der Waals surface area contributed by atoms with Gasteiger partial charge in [-0.2, -0.15) is 5.26 Å². The van der Waals surface area contributed by atoms with E-state index >= 15 is 0 Å². The van der Waals surface area contributed by atoms with Crippen LogP contribution in [0.2, 0.25) is 0 Å². The van der Waals surface area contributed by atoms with E-state index in [9.17, 15) is 19.6 Å². The topological polar surface area (TPSA) is 147 Å². The fourth-order valence-electron chi connectivity index (χ4n) is 3.73. The van der Waals surface area contributed by atoms with Crippen molar-refractivity contribution in [2.75, 3.05) is 17.7 Å². The smallest absolute Gasteiger partial charge is 0.328 e. The molecule has 1 atom stereocenters. The number of thiophene rings is 2. The molecule has 1 aliphatic rings. The number of ketones is 1. The third-order valence-corrected chi connectivity index (χ3v) is 7.88. The summed E-state index contributed by atoms with van der Waals surface area (Å²) in [4.78, 5) is 43.2. The van der Waals surface area contributed by atoms with E-state index in [0.29, 0.717) is 34.2 Å². The lowest BCUT2D eigenvalue weighted by atomic mass is 10.1. The van der Waals surface area contributed by atoms with Crippen LogP contribution in [0.3, 0.4) is 0 Å². The third kappa shape index (κ3) is 4.93. The average molecular weight is 530 g/mol. The first-order valence-corrected chi connectivity index (χ1v) is 12.8. The molecule has 184 valence electrons. The van der Waals surface area contributed by atoms with Gasteiger partial charge in [0, 0.05) is 23.9 Å². The van der Waals surface area contributed by atoms with Crippen molar-refractivity contribution < 1.29 is 19.1 Å². The van der Waals surface area contributed by atoms with Gasteiger partial charge < -0.3 is 21.1 Å². The molecule has 1 aromatic carbocycles. The van der Waals surface area contributed by atoms with Crippen molar-refractivity contribution in [1.82, 2.24) is 10.3 Å². The Labute approximate surface area is 219 Å². The Hall–Kier alpha value is -4.53. The number of esters is 1. The van der Waals surface area contributed by atoms with Crippen molar-refractivity contribution >= 4 is 56.7 Å². The van der Waals surface area contributed by atoms with Gasteiger partial charge in [-0.1, -0.05) is 6.07 Å². The lowest BCUT2D eigenvalue weighted by Crippen LogP contribution is -2.37. The van der Waals surface area contributed by atoms with E-state index < -0.39 is 12.0 Å². The van der Waals surface area contributed by atoms with E-state index in [1.807, 2.05) is 24.3 Å². The van der Waals surface area contributed by atoms with Gasteiger partial charge in [0.15, 0.2) is 0 Å². The number of carbonyl (C=O) groups excluding carboxylic acids is 3. The van der Waals surface area contributed by atoms with Gasteiger partial charge in [-0.3, -0.25) is 14.6 Å². The van der Waals surface area contributed by atoms with Gasteiger partial charge in [0.1, 0.15) is 27.6 Å². The molecule has 5 rings (SSSR count). The molecule has 3 aromatic heterocycles. The van der Waals surface area contributed by atoms with Crippen LogP contribution in [0.5, 0.6) is 0 Å². The molecule has 4 N–H and O–H groups in total. The van der Waals surface area contributed by atoms with Crippen molar-refractivity contribution in [2.24, 2.45) is 0 Å². The highest BCUT2D eigenvalue weighted by Gasteiger charge is 2.28. The van der Waals surface area contributed by atoms with Crippen molar-refractivity contribution in [3.63, 3.8) is 0 Å². The SMILES string of the molecule is N#Cc1c(Nc2ccc(C(=O)NC3CCOC3=O)cc2)sc(C(=O)c2ccc(-c3ccccn3)s2)c1N. The number of pyridine rings is 1. The van der Waals surface area contributed by atoms with E-state index in [1.54, 1.807) is 36.5 Å². The molecule has 4 heterocycles. The van der Waals surface area contributed by atoms with Crippen molar-refractivity contribution in [1.29, 1.82) is 5.26 Å². The van der Waals surface area contributed by atoms with Crippen LogP contribution in [0.1, 0.15) is 36.9 Å². The average Bonchev–Trinajstić information content (AvgIpc) is 3.64. The Balaban J connectivity index is 1.33. The number of nitrogens with zero attached hydrogens (tertiary/aromatic N) is 2. The minimum atomic E-state index is -0.642. The molecule has 0 radical (unpaired) electrons. The van der Waals surface area contributed by atoms with Gasteiger partial charge in [-0.15, -0.1) is 22.7 Å². The molecule has 1 unspecified atom stereocenters. The van der Waals surface area contributed by atoms with E-state index in [1.165, 1.54) is 11.3 Å². The molecule has 9 nitrogen and oxygen atoms in total. The number of amides is 1. The first-order valence-electron chi connectivity index (χ1n) is 11.2. The molecule has 1 saturated heterocycles. The summed E-state index contributed by atoms with van der Waals surface area (Å²) in [6, 6.07) is 17.1. The molecular formula is C26H19N5O4S2. The molecule has 11 heteroatoms. The van der Waals surface area contributed by atoms with Crippen molar-refractivity contribution in [2.45, 2.75) is 12.5 Å². The maximum Gasteiger partial charge on any atom is 0.328 e. The highest BCUT2D eigenvalue weighted by atomic mass is 32.1. The van der Waals surface area contributed by atoms with Crippen LogP contribution in [0.4, 0.5) is 16.4 Å². The summed E-state index contributed by atoms with van der Waals surface area (Å²) in [5, 5.41) is 15.9. The minimum absolute atomic E-state index is 0.118. The number of ether oxygens (including phenoxy) is 1. The molecule has 0 spiro atoms. The van der Waals surface area contributed by atoms with Gasteiger partial charge in [0.05, 0.1) is 27.7 Å². The second-order valence-electron chi connectivity index (χ2n) is 8.05. The van der Waals surface area contributed by atoms with Crippen LogP contribution in [0.25, 0.3) is 10.6 Å². The van der Waals surface area contributed by atoms with Gasteiger partial charge >= 0.3 is 5.97 Å². The zero-order chi connectivity index (χ0) is 25.9. The van der Waals surface area contributed by atoms with Crippen molar-refractivity contribution in [3.05, 3.63) is 81.7 Å². The van der Waals surface area contributed by atoms with Crippen LogP contribution in [0, 0.1) is 11.3 Å². The Kier molecular flexibility index (Phi) is 6.68. The van der Waals surface area contributed by atoms with Crippen LogP contribution >= 0.6 is 22.7 Å². The summed E-state index contributed by atoms with van der Waals surface area (Å²) in [5.41, 5.74) is 8.24. The zero-order valence-electron chi connectivity index (χ0n) is 19.2. The van der Waals surface area contributed by atoms with Crippen LogP contribution in [-0.2, 0) is 9.53 Å². The number of carbonyl (C=O) groups is 3. The lowest BCUT2D eigenvalue weighted by Gasteiger charge is -2.10. The summed E-state index contributed by atoms with van der Waals surface area (Å²) < 4.78 is 4.86. The van der Waals surface area contributed by atoms with E-state index in [2.05, 4.69) is 21.7 Å². The van der Waals surface area contributed by atoms with Gasteiger partial charge in [0.2, 0.25) is 5.78 Å². The quantitative estimate of drug-likeness (QED) is 0.237. The first kappa shape index (κ1) is 24.2. The van der Waals surface area contributed by atoms with Crippen LogP contribution in [0.15, 0.2) is 60.8 Å². The number of aromatic nitrogens is 1. The molecular weight excluding hydrogens is 510 g/mol. The molecule has 0 saturated carbocycles. The Morgan fingerprint density at radius 2 is 1.92 bits per heavy atom. The maximum absolute atomic E-state index is 13.2. The molecule has 4 aromatic rings. The van der Waals surface area contributed by atoms with Crippen molar-refractivity contribution in [3.8, 4) is 16.6 Å². The number of cyclic esters (lactones) is 1. The van der Waals surface area contributed by atoms with Crippen LogP contribution < -0.4 is 16.4 Å². The number of nitrogens with one attached hydrogen (secondary N) is 2. The number of hydrogen-bond acceptors (Lipinski definition) is 10. The van der Waals surface area contributed by atoms with Gasteiger partial charge in [-0.25, -0.2) is 4.79 Å². The fraction of sp³-hybridized carbons (Fsp3) is 0.115. The minimum Gasteiger partial charge on any atom is -0.464 e. The van der Waals surface area contributed by atoms with Crippen LogP contribution in [-0.4, -0.2) is 35.3 Å². The summed E-state index contributed by atoms with van der Waals surface area (Å²) in [5.74, 6) is -1.09. The summed E-state index contributed by atoms with van der Waals surface area (Å²) in [7, 11) is 0. The van der Waals surface area contributed by atoms with E-state index in [4.69, 9.17) is 10.5 Å². The predicted molar refractivity (Wildman–Crippen MR) is 141 cm³/mol. The molecule has 1 amide bonds. The number of anilines is 3. The second-order valence-corrected chi connectivity index (χ2v) is 10.2. The Bertz CT molecular complexity index is 1540. The maximum atomic E-state index is 13.2. The number of nitrogens with two attached hydrogens (primary N) is 1. The van der Waals surface area contributed by atoms with Gasteiger partial charge in [0.25, 0.3) is 5.91 Å². The van der Waals surface area contributed by atoms with E-state index in [-0.39, 0.29) is 27.8 Å². The zero-order valence-corrected chi connectivity index (χ0v) is 20.8. The molecule has 1 fully saturated rings. The third-order valence-electron chi connectivity index (χ3n) is 5.66. The molecule has 37 heavy (non-hydrogen) atoms. The second kappa shape index (κ2) is 10.2. The largest absolute Gasteiger partial charge is 0.464 e. The lowest BCUT2D eigenvalue weighted by molar-refractivity contribution is -0.139. The Morgan fingerprint density at radius 3 is 2.59 bits per heavy atom. The monoisotopic (exact) mass is 529 g/mol. The number of rotatable bonds is 7. The highest BCUT2D eigenvalue weighted by Crippen LogP contribution is 2.39. The molecule has 1 aliphatic heterocycles. The number of hydrogen-bond donors (Lipinski definition) is 3. The fourth-order valence-corrected chi connectivity index (χ4v) is 5.77. The number of nitrogen functional groups attached to an aromatic ring is 1. The van der Waals surface area contributed by atoms with Gasteiger partial charge in [-0.05, 0) is 48.5 Å². The predicted octanol–water partition coefficient (Wildman–Crippen LogP) is 4.35. The number of benzene rings is 1. The molecule has 0 aliphatic carbocycles. The Morgan fingerprint density at radius 1 is 1.11 bits per heavy atom. The first-order chi connectivity index (χ1) is 17.9. The summed E-state index contributed by atoms with van der Waals surface area (Å²) in [6.07, 6.45) is 2.13. The molecule has 0 bridgehead atoms. The van der Waals surface area contributed by atoms with E-state index in [0.717, 1.165) is 21.9 Å². The normalized spacial score (nSPS) is 14.6. The summed E-state index contributed by atoms with van der Waals surface area (Å²) >= 11 is 2.41.